The number of nitrogens with zero attached hydrogens (tertiary/aromatic N) is 1. The maximum Gasteiger partial charge on any atom is 0.223 e. The van der Waals surface area contributed by atoms with Crippen molar-refractivity contribution in [3.8, 4) is 0 Å². The van der Waals surface area contributed by atoms with Crippen molar-refractivity contribution in [2.45, 2.75) is 59.2 Å². The molecule has 152 valence electrons. The van der Waals surface area contributed by atoms with Crippen LogP contribution in [0.1, 0.15) is 51.2 Å². The summed E-state index contributed by atoms with van der Waals surface area (Å²) in [4.78, 5) is 14.9. The lowest BCUT2D eigenvalue weighted by Gasteiger charge is -2.35. The lowest BCUT2D eigenvalue weighted by atomic mass is 9.91. The number of halogens is 1. The van der Waals surface area contributed by atoms with Crippen molar-refractivity contribution in [2.75, 3.05) is 19.6 Å². The van der Waals surface area contributed by atoms with Crippen LogP contribution in [-0.4, -0.2) is 36.5 Å². The average molecular weight is 394 g/mol. The van der Waals surface area contributed by atoms with Crippen LogP contribution in [0.2, 0.25) is 0 Å². The van der Waals surface area contributed by atoms with E-state index < -0.39 is 0 Å². The molecule has 2 fully saturated rings. The summed E-state index contributed by atoms with van der Waals surface area (Å²) in [5.74, 6) is 1.96. The summed E-state index contributed by atoms with van der Waals surface area (Å²) in [6, 6.07) is 9.21. The Morgan fingerprint density at radius 3 is 2.33 bits per heavy atom. The first-order valence-corrected chi connectivity index (χ1v) is 10.3. The first-order valence-electron chi connectivity index (χ1n) is 10.3. The molecule has 2 aliphatic heterocycles. The Hall–Kier alpha value is -1.10. The van der Waals surface area contributed by atoms with Gasteiger partial charge in [0.1, 0.15) is 0 Å². The molecule has 0 saturated carbocycles. The van der Waals surface area contributed by atoms with Gasteiger partial charge in [0.2, 0.25) is 5.91 Å². The molecule has 5 heteroatoms. The van der Waals surface area contributed by atoms with Crippen LogP contribution in [0.3, 0.4) is 0 Å². The van der Waals surface area contributed by atoms with E-state index in [2.05, 4.69) is 60.6 Å². The number of carbonyl (C=O) groups is 1. The number of carbonyl (C=O) groups excluding carboxylic acids is 1. The molecule has 2 unspecified atom stereocenters. The fourth-order valence-electron chi connectivity index (χ4n) is 4.65. The van der Waals surface area contributed by atoms with Gasteiger partial charge in [-0.1, -0.05) is 38.1 Å². The van der Waals surface area contributed by atoms with Crippen molar-refractivity contribution in [3.05, 3.63) is 35.4 Å². The topological polar surface area (TPSA) is 44.4 Å². The Kier molecular flexibility index (Phi) is 8.59. The van der Waals surface area contributed by atoms with E-state index >= 15 is 0 Å². The van der Waals surface area contributed by atoms with Gasteiger partial charge in [-0.2, -0.15) is 0 Å². The normalized spacial score (nSPS) is 29.0. The fraction of sp³-hybridized carbons (Fsp3) is 0.682. The van der Waals surface area contributed by atoms with Crippen molar-refractivity contribution in [1.82, 2.24) is 15.5 Å². The number of hydrogen-bond acceptors (Lipinski definition) is 3. The van der Waals surface area contributed by atoms with E-state index in [0.29, 0.717) is 12.6 Å². The highest BCUT2D eigenvalue weighted by molar-refractivity contribution is 5.85. The maximum absolute atomic E-state index is 12.4. The van der Waals surface area contributed by atoms with E-state index in [-0.39, 0.29) is 24.2 Å². The molecule has 4 atom stereocenters. The molecule has 2 heterocycles. The summed E-state index contributed by atoms with van der Waals surface area (Å²) in [6.45, 7) is 11.9. The summed E-state index contributed by atoms with van der Waals surface area (Å²) in [5, 5.41) is 6.53. The number of nitrogens with one attached hydrogen (secondary N) is 2. The minimum atomic E-state index is 0. The van der Waals surface area contributed by atoms with Crippen molar-refractivity contribution >= 4 is 18.3 Å². The number of piperidine rings is 2. The molecule has 2 saturated heterocycles. The molecule has 0 aliphatic carbocycles. The van der Waals surface area contributed by atoms with E-state index in [9.17, 15) is 4.79 Å². The predicted molar refractivity (Wildman–Crippen MR) is 114 cm³/mol. The van der Waals surface area contributed by atoms with Gasteiger partial charge in [0, 0.05) is 38.1 Å². The molecule has 0 aromatic heterocycles. The van der Waals surface area contributed by atoms with Crippen LogP contribution in [0.25, 0.3) is 0 Å². The van der Waals surface area contributed by atoms with Gasteiger partial charge in [0.15, 0.2) is 0 Å². The Morgan fingerprint density at radius 1 is 1.07 bits per heavy atom. The Morgan fingerprint density at radius 2 is 1.70 bits per heavy atom. The molecule has 27 heavy (non-hydrogen) atoms. The van der Waals surface area contributed by atoms with Crippen LogP contribution in [0.5, 0.6) is 0 Å². The van der Waals surface area contributed by atoms with Crippen molar-refractivity contribution in [1.29, 1.82) is 0 Å². The lowest BCUT2D eigenvalue weighted by molar-refractivity contribution is -0.126. The highest BCUT2D eigenvalue weighted by Crippen LogP contribution is 2.22. The second-order valence-electron chi connectivity index (χ2n) is 8.75. The Bertz CT molecular complexity index is 582. The number of likely N-dealkylation sites (tertiary alicyclic amines) is 1. The third-order valence-corrected chi connectivity index (χ3v) is 5.83. The smallest absolute Gasteiger partial charge is 0.223 e. The molecule has 1 aromatic rings. The molecule has 4 nitrogen and oxygen atoms in total. The van der Waals surface area contributed by atoms with Crippen molar-refractivity contribution in [3.63, 3.8) is 0 Å². The molecule has 3 rings (SSSR count). The summed E-state index contributed by atoms with van der Waals surface area (Å²) >= 11 is 0. The number of amides is 1. The van der Waals surface area contributed by atoms with Crippen LogP contribution in [0.15, 0.2) is 24.3 Å². The van der Waals surface area contributed by atoms with Gasteiger partial charge in [-0.25, -0.2) is 0 Å². The number of hydrogen-bond donors (Lipinski definition) is 2. The molecule has 0 radical (unpaired) electrons. The van der Waals surface area contributed by atoms with Gasteiger partial charge < -0.3 is 10.6 Å². The van der Waals surface area contributed by atoms with Crippen LogP contribution in [-0.2, 0) is 17.9 Å². The van der Waals surface area contributed by atoms with E-state index in [4.69, 9.17) is 0 Å². The van der Waals surface area contributed by atoms with E-state index in [1.807, 2.05) is 0 Å². The van der Waals surface area contributed by atoms with Crippen molar-refractivity contribution in [2.24, 2.45) is 17.8 Å². The van der Waals surface area contributed by atoms with Gasteiger partial charge in [-0.15, -0.1) is 12.4 Å². The van der Waals surface area contributed by atoms with Gasteiger partial charge in [-0.05, 0) is 55.7 Å². The molecule has 0 bridgehead atoms. The summed E-state index contributed by atoms with van der Waals surface area (Å²) < 4.78 is 0. The van der Waals surface area contributed by atoms with E-state index in [0.717, 1.165) is 37.8 Å². The van der Waals surface area contributed by atoms with Gasteiger partial charge in [0.05, 0.1) is 0 Å². The van der Waals surface area contributed by atoms with Crippen LogP contribution in [0, 0.1) is 17.8 Å². The third kappa shape index (κ3) is 6.78. The second kappa shape index (κ2) is 10.4. The minimum Gasteiger partial charge on any atom is -0.352 e. The summed E-state index contributed by atoms with van der Waals surface area (Å²) in [7, 11) is 0. The Balaban J connectivity index is 0.00000261. The second-order valence-corrected chi connectivity index (χ2v) is 8.75. The zero-order valence-electron chi connectivity index (χ0n) is 17.0. The zero-order valence-corrected chi connectivity index (χ0v) is 17.9. The first-order chi connectivity index (χ1) is 12.5. The number of benzene rings is 1. The lowest BCUT2D eigenvalue weighted by Crippen LogP contribution is -2.42. The largest absolute Gasteiger partial charge is 0.352 e. The van der Waals surface area contributed by atoms with Gasteiger partial charge >= 0.3 is 0 Å². The van der Waals surface area contributed by atoms with Gasteiger partial charge in [0.25, 0.3) is 0 Å². The Labute approximate surface area is 170 Å². The standard InChI is InChI=1S/C22H35N3O.ClH/c1-16-10-17(2)14-25(13-16)15-20-6-4-19(5-7-20)12-24-22(26)21-8-9-23-18(3)11-21;/h4-7,16-18,21,23H,8-15H2,1-3H3,(H,24,26);1H/t16?,17?,18-,21-;/m0./s1. The highest BCUT2D eigenvalue weighted by Gasteiger charge is 2.24. The summed E-state index contributed by atoms with van der Waals surface area (Å²) in [6.07, 6.45) is 3.24. The molecule has 2 aliphatic rings. The van der Waals surface area contributed by atoms with Crippen molar-refractivity contribution < 1.29 is 4.79 Å². The van der Waals surface area contributed by atoms with Gasteiger partial charge in [-0.3, -0.25) is 9.69 Å². The summed E-state index contributed by atoms with van der Waals surface area (Å²) in [5.41, 5.74) is 2.55. The van der Waals surface area contributed by atoms with Crippen LogP contribution in [0.4, 0.5) is 0 Å². The van der Waals surface area contributed by atoms with E-state index in [1.54, 1.807) is 0 Å². The van der Waals surface area contributed by atoms with Crippen LogP contribution < -0.4 is 10.6 Å². The molecular weight excluding hydrogens is 358 g/mol. The molecule has 1 aromatic carbocycles. The molecular formula is C22H36ClN3O. The number of rotatable bonds is 5. The fourth-order valence-corrected chi connectivity index (χ4v) is 4.65. The maximum atomic E-state index is 12.4. The average Bonchev–Trinajstić information content (AvgIpc) is 2.60. The molecule has 0 spiro atoms. The van der Waals surface area contributed by atoms with E-state index in [1.165, 1.54) is 30.6 Å². The first kappa shape index (κ1) is 22.2. The molecule has 2 N–H and O–H groups in total. The minimum absolute atomic E-state index is 0. The third-order valence-electron chi connectivity index (χ3n) is 5.83. The SMILES string of the molecule is CC1CC(C)CN(Cc2ccc(CNC(=O)[C@H]3CCN[C@@H](C)C3)cc2)C1.Cl. The van der Waals surface area contributed by atoms with Crippen LogP contribution >= 0.6 is 12.4 Å². The monoisotopic (exact) mass is 393 g/mol. The quantitative estimate of drug-likeness (QED) is 0.803. The predicted octanol–water partition coefficient (Wildman–Crippen LogP) is 3.59. The zero-order chi connectivity index (χ0) is 18.5. The molecule has 1 amide bonds. The highest BCUT2D eigenvalue weighted by atomic mass is 35.5.